The van der Waals surface area contributed by atoms with Crippen molar-refractivity contribution < 1.29 is 0 Å². The first-order valence-corrected chi connectivity index (χ1v) is 7.60. The molecule has 2 aromatic rings. The molecule has 1 heterocycles. The molecule has 0 aliphatic carbocycles. The summed E-state index contributed by atoms with van der Waals surface area (Å²) in [5.41, 5.74) is 4.36. The monoisotopic (exact) mass is 323 g/mol. The maximum Gasteiger partial charge on any atom is 0.139 e. The van der Waals surface area contributed by atoms with E-state index in [4.69, 9.17) is 11.6 Å². The highest BCUT2D eigenvalue weighted by atomic mass is 35.5. The van der Waals surface area contributed by atoms with Crippen LogP contribution in [0.3, 0.4) is 0 Å². The molecule has 0 saturated carbocycles. The molecule has 0 aliphatic rings. The van der Waals surface area contributed by atoms with Crippen molar-refractivity contribution in [2.45, 2.75) is 20.8 Å². The first kappa shape index (κ1) is 16.8. The van der Waals surface area contributed by atoms with E-state index in [0.717, 1.165) is 28.1 Å². The molecular weight excluding hydrogens is 306 g/mol. The number of allylic oxidation sites excluding steroid dienone is 2. The van der Waals surface area contributed by atoms with Crippen LogP contribution in [-0.4, -0.2) is 10.8 Å². The molecule has 0 aliphatic heterocycles. The van der Waals surface area contributed by atoms with Crippen molar-refractivity contribution in [3.63, 3.8) is 0 Å². The van der Waals surface area contributed by atoms with Gasteiger partial charge in [-0.3, -0.25) is 0 Å². The molecule has 0 amide bonds. The highest BCUT2D eigenvalue weighted by molar-refractivity contribution is 6.30. The lowest BCUT2D eigenvalue weighted by Gasteiger charge is -2.07. The predicted molar refractivity (Wildman–Crippen MR) is 97.6 cm³/mol. The van der Waals surface area contributed by atoms with Gasteiger partial charge < -0.3 is 4.57 Å². The minimum Gasteiger partial charge on any atom is -0.306 e. The molecule has 2 rings (SSSR count). The van der Waals surface area contributed by atoms with Crippen LogP contribution in [-0.2, 0) is 0 Å². The van der Waals surface area contributed by atoms with Crippen LogP contribution in [0.2, 0.25) is 5.02 Å². The topological polar surface area (TPSA) is 41.1 Å². The minimum atomic E-state index is 0.580. The van der Waals surface area contributed by atoms with Gasteiger partial charge in [0.05, 0.1) is 5.56 Å². The van der Waals surface area contributed by atoms with Gasteiger partial charge in [-0.15, -0.1) is 0 Å². The third kappa shape index (κ3) is 3.44. The standard InChI is InChI=1S/C19H18ClN3/c1-5-13(3)19(22-6-2)23-11-15(10-21)18(12-23)17-9-16(20)8-7-14(17)4/h5-9,11-12H,1H2,2-4H3. The number of aromatic nitrogens is 1. The van der Waals surface area contributed by atoms with Crippen LogP contribution in [0.15, 0.2) is 53.8 Å². The van der Waals surface area contributed by atoms with Crippen molar-refractivity contribution in [2.75, 3.05) is 0 Å². The van der Waals surface area contributed by atoms with E-state index in [-0.39, 0.29) is 0 Å². The van der Waals surface area contributed by atoms with E-state index in [1.807, 2.05) is 49.7 Å². The Kier molecular flexibility index (Phi) is 5.20. The highest BCUT2D eigenvalue weighted by Crippen LogP contribution is 2.31. The summed E-state index contributed by atoms with van der Waals surface area (Å²) in [5, 5.41) is 10.1. The summed E-state index contributed by atoms with van der Waals surface area (Å²) >= 11 is 6.12. The summed E-state index contributed by atoms with van der Waals surface area (Å²) < 4.78 is 1.85. The lowest BCUT2D eigenvalue weighted by Crippen LogP contribution is -1.94. The Morgan fingerprint density at radius 2 is 2.09 bits per heavy atom. The lowest BCUT2D eigenvalue weighted by atomic mass is 10.0. The van der Waals surface area contributed by atoms with Crippen molar-refractivity contribution >= 4 is 23.6 Å². The lowest BCUT2D eigenvalue weighted by molar-refractivity contribution is 1.06. The molecule has 0 fully saturated rings. The van der Waals surface area contributed by atoms with Gasteiger partial charge in [0.2, 0.25) is 0 Å². The Balaban J connectivity index is 2.70. The number of aryl methyl sites for hydroxylation is 1. The fourth-order valence-corrected chi connectivity index (χ4v) is 2.52. The second-order valence-electron chi connectivity index (χ2n) is 5.16. The second-order valence-corrected chi connectivity index (χ2v) is 5.60. The van der Waals surface area contributed by atoms with E-state index in [1.54, 1.807) is 18.5 Å². The van der Waals surface area contributed by atoms with Crippen LogP contribution in [0.1, 0.15) is 25.0 Å². The van der Waals surface area contributed by atoms with E-state index in [1.165, 1.54) is 0 Å². The van der Waals surface area contributed by atoms with Gasteiger partial charge in [-0.1, -0.05) is 30.3 Å². The Bertz CT molecular complexity index is 848. The summed E-state index contributed by atoms with van der Waals surface area (Å²) in [4.78, 5) is 4.40. The first-order chi connectivity index (χ1) is 11.0. The maximum atomic E-state index is 9.49. The molecule has 0 unspecified atom stereocenters. The average molecular weight is 324 g/mol. The first-order valence-electron chi connectivity index (χ1n) is 7.22. The van der Waals surface area contributed by atoms with Crippen LogP contribution in [0, 0.1) is 18.3 Å². The fraction of sp³-hybridized carbons (Fsp3) is 0.158. The number of nitriles is 1. The Morgan fingerprint density at radius 1 is 1.35 bits per heavy atom. The summed E-state index contributed by atoms with van der Waals surface area (Å²) in [7, 11) is 0. The van der Waals surface area contributed by atoms with Gasteiger partial charge in [0.15, 0.2) is 0 Å². The zero-order chi connectivity index (χ0) is 17.0. The minimum absolute atomic E-state index is 0.580. The maximum absolute atomic E-state index is 9.49. The number of hydrogen-bond donors (Lipinski definition) is 0. The van der Waals surface area contributed by atoms with Gasteiger partial charge in [-0.2, -0.15) is 5.26 Å². The van der Waals surface area contributed by atoms with Gasteiger partial charge in [0.25, 0.3) is 0 Å². The van der Waals surface area contributed by atoms with Gasteiger partial charge in [-0.05, 0) is 49.6 Å². The normalized spacial score (nSPS) is 12.1. The molecule has 0 atom stereocenters. The number of benzene rings is 1. The average Bonchev–Trinajstić information content (AvgIpc) is 2.97. The Hall–Kier alpha value is -2.57. The summed E-state index contributed by atoms with van der Waals surface area (Å²) in [6, 6.07) is 7.93. The fourth-order valence-electron chi connectivity index (χ4n) is 2.35. The van der Waals surface area contributed by atoms with Gasteiger partial charge in [0.1, 0.15) is 11.9 Å². The van der Waals surface area contributed by atoms with E-state index >= 15 is 0 Å². The SMILES string of the molecule is C=CC(C)=C(N=CC)n1cc(C#N)c(-c2cc(Cl)ccc2C)c1. The molecule has 0 saturated heterocycles. The molecule has 0 radical (unpaired) electrons. The molecule has 4 heteroatoms. The summed E-state index contributed by atoms with van der Waals surface area (Å²) in [6.45, 7) is 9.59. The van der Waals surface area contributed by atoms with Gasteiger partial charge >= 0.3 is 0 Å². The predicted octanol–water partition coefficient (Wildman–Crippen LogP) is 5.45. The number of hydrogen-bond acceptors (Lipinski definition) is 2. The zero-order valence-electron chi connectivity index (χ0n) is 13.5. The highest BCUT2D eigenvalue weighted by Gasteiger charge is 2.14. The van der Waals surface area contributed by atoms with E-state index in [0.29, 0.717) is 10.6 Å². The van der Waals surface area contributed by atoms with E-state index in [9.17, 15) is 5.26 Å². The smallest absolute Gasteiger partial charge is 0.139 e. The molecule has 0 spiro atoms. The van der Waals surface area contributed by atoms with E-state index < -0.39 is 0 Å². The van der Waals surface area contributed by atoms with E-state index in [2.05, 4.69) is 17.6 Å². The van der Waals surface area contributed by atoms with Crippen LogP contribution in [0.4, 0.5) is 0 Å². The molecule has 1 aromatic heterocycles. The van der Waals surface area contributed by atoms with Crippen LogP contribution in [0.5, 0.6) is 0 Å². The van der Waals surface area contributed by atoms with Crippen molar-refractivity contribution in [3.05, 3.63) is 65.0 Å². The van der Waals surface area contributed by atoms with Crippen molar-refractivity contribution in [3.8, 4) is 17.2 Å². The molecular formula is C19H18ClN3. The quantitative estimate of drug-likeness (QED) is 0.544. The van der Waals surface area contributed by atoms with Crippen LogP contribution >= 0.6 is 11.6 Å². The number of halogens is 1. The largest absolute Gasteiger partial charge is 0.306 e. The molecule has 0 N–H and O–H groups in total. The molecule has 1 aromatic carbocycles. The molecule has 0 bridgehead atoms. The molecule has 3 nitrogen and oxygen atoms in total. The van der Waals surface area contributed by atoms with Crippen molar-refractivity contribution in [1.29, 1.82) is 5.26 Å². The van der Waals surface area contributed by atoms with Crippen molar-refractivity contribution in [1.82, 2.24) is 4.57 Å². The summed E-state index contributed by atoms with van der Waals surface area (Å²) in [6.07, 6.45) is 7.16. The number of rotatable bonds is 4. The van der Waals surface area contributed by atoms with Crippen LogP contribution in [0.25, 0.3) is 16.9 Å². The Labute approximate surface area is 141 Å². The Morgan fingerprint density at radius 3 is 2.70 bits per heavy atom. The number of nitrogens with zero attached hydrogens (tertiary/aromatic N) is 3. The zero-order valence-corrected chi connectivity index (χ0v) is 14.2. The van der Waals surface area contributed by atoms with Crippen molar-refractivity contribution in [2.24, 2.45) is 4.99 Å². The van der Waals surface area contributed by atoms with Crippen LogP contribution < -0.4 is 0 Å². The third-order valence-electron chi connectivity index (χ3n) is 3.59. The third-order valence-corrected chi connectivity index (χ3v) is 3.83. The number of aliphatic imine (C=N–C) groups is 1. The molecule has 23 heavy (non-hydrogen) atoms. The summed E-state index contributed by atoms with van der Waals surface area (Å²) in [5.74, 6) is 0.741. The van der Waals surface area contributed by atoms with Gasteiger partial charge in [-0.25, -0.2) is 4.99 Å². The molecule has 116 valence electrons. The second kappa shape index (κ2) is 7.13. The van der Waals surface area contributed by atoms with Gasteiger partial charge in [0, 0.05) is 29.2 Å².